The van der Waals surface area contributed by atoms with Crippen molar-refractivity contribution in [2.75, 3.05) is 13.7 Å². The van der Waals surface area contributed by atoms with Crippen LogP contribution >= 0.6 is 0 Å². The molecule has 2 nitrogen and oxygen atoms in total. The Bertz CT molecular complexity index is 388. The quantitative estimate of drug-likeness (QED) is 0.862. The lowest BCUT2D eigenvalue weighted by atomic mass is 10.1. The smallest absolute Gasteiger partial charge is 0.165 e. The number of nitrogens with one attached hydrogen (secondary N) is 1. The van der Waals surface area contributed by atoms with Crippen molar-refractivity contribution in [3.63, 3.8) is 0 Å². The minimum Gasteiger partial charge on any atom is -0.490 e. The van der Waals surface area contributed by atoms with Crippen LogP contribution in [0.5, 0.6) is 5.75 Å². The highest BCUT2D eigenvalue weighted by atomic mass is 19.1. The molecule has 1 atom stereocenters. The Hall–Kier alpha value is -1.09. The molecule has 0 saturated heterocycles. The summed E-state index contributed by atoms with van der Waals surface area (Å²) in [6.45, 7) is 2.65. The molecule has 0 aromatic heterocycles. The van der Waals surface area contributed by atoms with Gasteiger partial charge in [-0.05, 0) is 38.8 Å². The fourth-order valence-electron chi connectivity index (χ4n) is 2.55. The van der Waals surface area contributed by atoms with E-state index in [2.05, 4.69) is 5.32 Å². The highest BCUT2D eigenvalue weighted by Gasteiger charge is 2.19. The number of hydrogen-bond donors (Lipinski definition) is 1. The first kappa shape index (κ1) is 13.3. The Morgan fingerprint density at radius 3 is 2.78 bits per heavy atom. The predicted octanol–water partition coefficient (Wildman–Crippen LogP) is 3.68. The van der Waals surface area contributed by atoms with E-state index in [1.165, 1.54) is 31.7 Å². The summed E-state index contributed by atoms with van der Waals surface area (Å²) in [6, 6.07) is 5.23. The fourth-order valence-corrected chi connectivity index (χ4v) is 2.55. The molecule has 1 N–H and O–H groups in total. The van der Waals surface area contributed by atoms with Gasteiger partial charge in [0.25, 0.3) is 0 Å². The van der Waals surface area contributed by atoms with Crippen LogP contribution in [0.1, 0.15) is 44.2 Å². The number of halogens is 1. The maximum atomic E-state index is 13.9. The third kappa shape index (κ3) is 3.02. The summed E-state index contributed by atoms with van der Waals surface area (Å²) in [7, 11) is 1.87. The van der Waals surface area contributed by atoms with Gasteiger partial charge in [0.2, 0.25) is 0 Å². The summed E-state index contributed by atoms with van der Waals surface area (Å²) in [6.07, 6.45) is 4.99. The zero-order chi connectivity index (χ0) is 13.0. The van der Waals surface area contributed by atoms with Gasteiger partial charge in [-0.1, -0.05) is 25.0 Å². The first-order valence-corrected chi connectivity index (χ1v) is 6.81. The average Bonchev–Trinajstić information content (AvgIpc) is 2.89. The molecule has 1 aromatic carbocycles. The molecule has 0 spiro atoms. The Balaban J connectivity index is 2.09. The van der Waals surface area contributed by atoms with E-state index in [1.807, 2.05) is 20.0 Å². The van der Waals surface area contributed by atoms with E-state index in [1.54, 1.807) is 6.07 Å². The summed E-state index contributed by atoms with van der Waals surface area (Å²) in [4.78, 5) is 0. The van der Waals surface area contributed by atoms with Crippen LogP contribution in [-0.2, 0) is 0 Å². The number of ether oxygens (including phenoxy) is 1. The van der Waals surface area contributed by atoms with Gasteiger partial charge in [0.15, 0.2) is 11.6 Å². The summed E-state index contributed by atoms with van der Waals surface area (Å²) >= 11 is 0. The first-order valence-electron chi connectivity index (χ1n) is 6.81. The second-order valence-corrected chi connectivity index (χ2v) is 5.13. The van der Waals surface area contributed by atoms with Crippen molar-refractivity contribution in [3.05, 3.63) is 29.6 Å². The summed E-state index contributed by atoms with van der Waals surface area (Å²) < 4.78 is 19.6. The predicted molar refractivity (Wildman–Crippen MR) is 71.3 cm³/mol. The fraction of sp³-hybridized carbons (Fsp3) is 0.600. The third-order valence-corrected chi connectivity index (χ3v) is 3.84. The van der Waals surface area contributed by atoms with Crippen molar-refractivity contribution in [1.29, 1.82) is 0 Å². The first-order chi connectivity index (χ1) is 8.72. The lowest BCUT2D eigenvalue weighted by Gasteiger charge is -2.18. The molecule has 1 aromatic rings. The van der Waals surface area contributed by atoms with Crippen LogP contribution in [0.25, 0.3) is 0 Å². The highest BCUT2D eigenvalue weighted by Crippen LogP contribution is 2.30. The molecule has 1 saturated carbocycles. The molecule has 0 amide bonds. The lowest BCUT2D eigenvalue weighted by molar-refractivity contribution is 0.238. The third-order valence-electron chi connectivity index (χ3n) is 3.84. The van der Waals surface area contributed by atoms with Crippen LogP contribution < -0.4 is 10.1 Å². The molecule has 2 rings (SSSR count). The van der Waals surface area contributed by atoms with Gasteiger partial charge in [0.05, 0.1) is 6.61 Å². The second-order valence-electron chi connectivity index (χ2n) is 5.13. The summed E-state index contributed by atoms with van der Waals surface area (Å²) in [5, 5.41) is 3.13. The number of rotatable bonds is 5. The maximum Gasteiger partial charge on any atom is 0.165 e. The molecule has 18 heavy (non-hydrogen) atoms. The molecule has 0 heterocycles. The van der Waals surface area contributed by atoms with Crippen LogP contribution in [-0.4, -0.2) is 13.7 Å². The van der Waals surface area contributed by atoms with E-state index in [0.717, 1.165) is 5.56 Å². The zero-order valence-electron chi connectivity index (χ0n) is 11.2. The standard InChI is InChI=1S/C15H22FNO/c1-11(17-2)13-8-5-9-14(16)15(13)18-10-12-6-3-4-7-12/h5,8-9,11-12,17H,3-4,6-7,10H2,1-2H3. The topological polar surface area (TPSA) is 21.3 Å². The number of hydrogen-bond acceptors (Lipinski definition) is 2. The van der Waals surface area contributed by atoms with E-state index in [0.29, 0.717) is 18.3 Å². The molecule has 3 heteroatoms. The highest BCUT2D eigenvalue weighted by molar-refractivity contribution is 5.37. The van der Waals surface area contributed by atoms with Crippen LogP contribution in [0.3, 0.4) is 0 Å². The monoisotopic (exact) mass is 251 g/mol. The van der Waals surface area contributed by atoms with Crippen molar-refractivity contribution in [1.82, 2.24) is 5.32 Å². The van der Waals surface area contributed by atoms with Gasteiger partial charge in [0.1, 0.15) is 0 Å². The van der Waals surface area contributed by atoms with E-state index in [9.17, 15) is 4.39 Å². The second kappa shape index (κ2) is 6.19. The molecular weight excluding hydrogens is 229 g/mol. The minimum absolute atomic E-state index is 0.0966. The molecule has 100 valence electrons. The average molecular weight is 251 g/mol. The van der Waals surface area contributed by atoms with Crippen molar-refractivity contribution >= 4 is 0 Å². The van der Waals surface area contributed by atoms with E-state index < -0.39 is 0 Å². The van der Waals surface area contributed by atoms with Gasteiger partial charge in [0, 0.05) is 11.6 Å². The summed E-state index contributed by atoms with van der Waals surface area (Å²) in [5.74, 6) is 0.765. The number of para-hydroxylation sites is 1. The van der Waals surface area contributed by atoms with Crippen molar-refractivity contribution in [2.45, 2.75) is 38.6 Å². The molecular formula is C15H22FNO. The maximum absolute atomic E-state index is 13.9. The molecule has 1 fully saturated rings. The SMILES string of the molecule is CNC(C)c1cccc(F)c1OCC1CCCC1. The Labute approximate surface area is 109 Å². The van der Waals surface area contributed by atoms with Crippen molar-refractivity contribution < 1.29 is 9.13 Å². The van der Waals surface area contributed by atoms with E-state index in [-0.39, 0.29) is 11.9 Å². The van der Waals surface area contributed by atoms with E-state index in [4.69, 9.17) is 4.74 Å². The minimum atomic E-state index is -0.257. The summed E-state index contributed by atoms with van der Waals surface area (Å²) in [5.41, 5.74) is 0.899. The molecule has 0 bridgehead atoms. The zero-order valence-corrected chi connectivity index (χ0v) is 11.2. The molecule has 1 aliphatic carbocycles. The Kier molecular flexibility index (Phi) is 4.59. The molecule has 0 radical (unpaired) electrons. The molecule has 1 aliphatic rings. The van der Waals surface area contributed by atoms with Gasteiger partial charge >= 0.3 is 0 Å². The lowest BCUT2D eigenvalue weighted by Crippen LogP contribution is -2.16. The van der Waals surface area contributed by atoms with Gasteiger partial charge in [-0.3, -0.25) is 0 Å². The Morgan fingerprint density at radius 2 is 2.11 bits per heavy atom. The van der Waals surface area contributed by atoms with Gasteiger partial charge in [-0.15, -0.1) is 0 Å². The van der Waals surface area contributed by atoms with Crippen molar-refractivity contribution in [2.24, 2.45) is 5.92 Å². The van der Waals surface area contributed by atoms with E-state index >= 15 is 0 Å². The van der Waals surface area contributed by atoms with Crippen LogP contribution in [0.15, 0.2) is 18.2 Å². The van der Waals surface area contributed by atoms with Crippen LogP contribution in [0.4, 0.5) is 4.39 Å². The van der Waals surface area contributed by atoms with Crippen LogP contribution in [0, 0.1) is 11.7 Å². The van der Waals surface area contributed by atoms with Gasteiger partial charge in [-0.25, -0.2) is 4.39 Å². The Morgan fingerprint density at radius 1 is 1.39 bits per heavy atom. The van der Waals surface area contributed by atoms with Crippen molar-refractivity contribution in [3.8, 4) is 5.75 Å². The molecule has 0 aliphatic heterocycles. The van der Waals surface area contributed by atoms with Gasteiger partial charge in [-0.2, -0.15) is 0 Å². The van der Waals surface area contributed by atoms with Crippen LogP contribution in [0.2, 0.25) is 0 Å². The van der Waals surface area contributed by atoms with Gasteiger partial charge < -0.3 is 10.1 Å². The number of benzene rings is 1. The largest absolute Gasteiger partial charge is 0.490 e. The molecule has 1 unspecified atom stereocenters. The normalized spacial score (nSPS) is 17.9.